The van der Waals surface area contributed by atoms with Gasteiger partial charge in [0.2, 0.25) is 10.0 Å². The zero-order valence-corrected chi connectivity index (χ0v) is 12.8. The van der Waals surface area contributed by atoms with E-state index in [1.165, 1.54) is 10.4 Å². The highest BCUT2D eigenvalue weighted by Gasteiger charge is 2.34. The van der Waals surface area contributed by atoms with E-state index in [9.17, 15) is 17.2 Å². The molecule has 1 heterocycles. The Kier molecular flexibility index (Phi) is 5.29. The van der Waals surface area contributed by atoms with Crippen LogP contribution >= 0.6 is 0 Å². The van der Waals surface area contributed by atoms with Crippen LogP contribution in [0, 0.1) is 11.6 Å². The molecule has 0 bridgehead atoms. The normalized spacial score (nSPS) is 17.3. The molecular weight excluding hydrogens is 298 g/mol. The van der Waals surface area contributed by atoms with Gasteiger partial charge in [-0.05, 0) is 44.5 Å². The maximum absolute atomic E-state index is 13.9. The van der Waals surface area contributed by atoms with Crippen molar-refractivity contribution in [1.82, 2.24) is 9.62 Å². The highest BCUT2D eigenvalue weighted by Crippen LogP contribution is 2.25. The number of piperidine rings is 1. The summed E-state index contributed by atoms with van der Waals surface area (Å²) in [6.45, 7) is 3.63. The predicted molar refractivity (Wildman–Crippen MR) is 76.4 cm³/mol. The molecule has 0 spiro atoms. The van der Waals surface area contributed by atoms with E-state index in [1.807, 2.05) is 6.92 Å². The molecule has 1 N–H and O–H groups in total. The maximum Gasteiger partial charge on any atom is 0.246 e. The number of hydrogen-bond donors (Lipinski definition) is 1. The number of halogens is 2. The van der Waals surface area contributed by atoms with Crippen LogP contribution in [0.3, 0.4) is 0 Å². The molecule has 0 unspecified atom stereocenters. The monoisotopic (exact) mass is 318 g/mol. The Hall–Kier alpha value is -1.05. The summed E-state index contributed by atoms with van der Waals surface area (Å²) in [5, 5.41) is 3.17. The molecule has 21 heavy (non-hydrogen) atoms. The van der Waals surface area contributed by atoms with E-state index in [2.05, 4.69) is 5.32 Å². The molecule has 0 saturated carbocycles. The molecule has 0 radical (unpaired) electrons. The van der Waals surface area contributed by atoms with Crippen molar-refractivity contribution in [2.75, 3.05) is 19.6 Å². The van der Waals surface area contributed by atoms with Crippen LogP contribution in [0.1, 0.15) is 26.2 Å². The van der Waals surface area contributed by atoms with Crippen LogP contribution in [0.15, 0.2) is 23.1 Å². The summed E-state index contributed by atoms with van der Waals surface area (Å²) in [5.41, 5.74) is 0. The number of rotatable bonds is 5. The van der Waals surface area contributed by atoms with Crippen molar-refractivity contribution in [2.24, 2.45) is 0 Å². The van der Waals surface area contributed by atoms with Crippen molar-refractivity contribution in [1.29, 1.82) is 0 Å². The van der Waals surface area contributed by atoms with Gasteiger partial charge in [0.25, 0.3) is 0 Å². The number of hydrogen-bond acceptors (Lipinski definition) is 3. The molecule has 1 saturated heterocycles. The van der Waals surface area contributed by atoms with Gasteiger partial charge < -0.3 is 5.32 Å². The van der Waals surface area contributed by atoms with E-state index in [0.717, 1.165) is 25.2 Å². The van der Waals surface area contributed by atoms with Crippen LogP contribution in [0.2, 0.25) is 0 Å². The standard InChI is InChI=1S/C14H20F2N2O2S/c1-2-10-18(11-6-8-17-9-7-11)21(19,20)13-5-3-4-12(15)14(13)16/h3-5,11,17H,2,6-10H2,1H3. The van der Waals surface area contributed by atoms with Crippen LogP contribution in [0.4, 0.5) is 8.78 Å². The van der Waals surface area contributed by atoms with Crippen molar-refractivity contribution in [3.05, 3.63) is 29.8 Å². The van der Waals surface area contributed by atoms with Crippen LogP contribution < -0.4 is 5.32 Å². The fourth-order valence-electron chi connectivity index (χ4n) is 2.62. The summed E-state index contributed by atoms with van der Waals surface area (Å²) >= 11 is 0. The summed E-state index contributed by atoms with van der Waals surface area (Å²) in [6, 6.07) is 3.09. The zero-order valence-electron chi connectivity index (χ0n) is 12.0. The van der Waals surface area contributed by atoms with Gasteiger partial charge in [0.1, 0.15) is 4.90 Å². The van der Waals surface area contributed by atoms with E-state index in [1.54, 1.807) is 0 Å². The van der Waals surface area contributed by atoms with Crippen molar-refractivity contribution in [3.8, 4) is 0 Å². The molecule has 4 nitrogen and oxygen atoms in total. The molecule has 1 fully saturated rings. The van der Waals surface area contributed by atoms with Gasteiger partial charge in [-0.25, -0.2) is 17.2 Å². The quantitative estimate of drug-likeness (QED) is 0.905. The van der Waals surface area contributed by atoms with E-state index >= 15 is 0 Å². The highest BCUT2D eigenvalue weighted by atomic mass is 32.2. The van der Waals surface area contributed by atoms with E-state index in [4.69, 9.17) is 0 Å². The molecule has 7 heteroatoms. The first kappa shape index (κ1) is 16.3. The minimum Gasteiger partial charge on any atom is -0.317 e. The molecular formula is C14H20F2N2O2S. The second-order valence-corrected chi connectivity index (χ2v) is 7.01. The Morgan fingerprint density at radius 2 is 1.95 bits per heavy atom. The first-order chi connectivity index (χ1) is 9.98. The van der Waals surface area contributed by atoms with E-state index in [0.29, 0.717) is 25.8 Å². The third kappa shape index (κ3) is 3.41. The van der Waals surface area contributed by atoms with Gasteiger partial charge in [-0.3, -0.25) is 0 Å². The fraction of sp³-hybridized carbons (Fsp3) is 0.571. The average Bonchev–Trinajstić information content (AvgIpc) is 2.48. The van der Waals surface area contributed by atoms with Crippen LogP contribution in [0.5, 0.6) is 0 Å². The van der Waals surface area contributed by atoms with Crippen molar-refractivity contribution in [3.63, 3.8) is 0 Å². The van der Waals surface area contributed by atoms with Gasteiger partial charge in [0.05, 0.1) is 0 Å². The van der Waals surface area contributed by atoms with Crippen molar-refractivity contribution in [2.45, 2.75) is 37.1 Å². The Balaban J connectivity index is 2.39. The van der Waals surface area contributed by atoms with Crippen LogP contribution in [0.25, 0.3) is 0 Å². The lowest BCUT2D eigenvalue weighted by atomic mass is 10.1. The van der Waals surface area contributed by atoms with Gasteiger partial charge in [0.15, 0.2) is 11.6 Å². The summed E-state index contributed by atoms with van der Waals surface area (Å²) in [6.07, 6.45) is 1.98. The van der Waals surface area contributed by atoms with Gasteiger partial charge in [-0.1, -0.05) is 13.0 Å². The van der Waals surface area contributed by atoms with Gasteiger partial charge in [0, 0.05) is 12.6 Å². The lowest BCUT2D eigenvalue weighted by Gasteiger charge is -2.33. The Bertz CT molecular complexity index is 587. The molecule has 1 aromatic rings. The molecule has 0 aromatic heterocycles. The molecule has 2 rings (SSSR count). The van der Waals surface area contributed by atoms with Crippen molar-refractivity contribution < 1.29 is 17.2 Å². The summed E-state index contributed by atoms with van der Waals surface area (Å²) in [7, 11) is -4.03. The van der Waals surface area contributed by atoms with E-state index < -0.39 is 26.6 Å². The lowest BCUT2D eigenvalue weighted by molar-refractivity contribution is 0.261. The lowest BCUT2D eigenvalue weighted by Crippen LogP contribution is -2.46. The molecule has 1 aliphatic rings. The van der Waals surface area contributed by atoms with Crippen LogP contribution in [-0.2, 0) is 10.0 Å². The Labute approximate surface area is 124 Å². The fourth-order valence-corrected chi connectivity index (χ4v) is 4.48. The number of sulfonamides is 1. The molecule has 0 atom stereocenters. The summed E-state index contributed by atoms with van der Waals surface area (Å²) in [4.78, 5) is -0.575. The first-order valence-corrected chi connectivity index (χ1v) is 8.59. The number of benzene rings is 1. The molecule has 118 valence electrons. The summed E-state index contributed by atoms with van der Waals surface area (Å²) < 4.78 is 53.9. The largest absolute Gasteiger partial charge is 0.317 e. The Morgan fingerprint density at radius 1 is 1.29 bits per heavy atom. The van der Waals surface area contributed by atoms with Gasteiger partial charge >= 0.3 is 0 Å². The highest BCUT2D eigenvalue weighted by molar-refractivity contribution is 7.89. The second-order valence-electron chi connectivity index (χ2n) is 5.15. The number of nitrogens with one attached hydrogen (secondary N) is 1. The van der Waals surface area contributed by atoms with Crippen molar-refractivity contribution >= 4 is 10.0 Å². The van der Waals surface area contributed by atoms with Crippen LogP contribution in [-0.4, -0.2) is 38.4 Å². The summed E-state index contributed by atoms with van der Waals surface area (Å²) in [5.74, 6) is -2.44. The smallest absolute Gasteiger partial charge is 0.246 e. The first-order valence-electron chi connectivity index (χ1n) is 7.15. The third-order valence-electron chi connectivity index (χ3n) is 3.66. The maximum atomic E-state index is 13.9. The second kappa shape index (κ2) is 6.81. The van der Waals surface area contributed by atoms with Gasteiger partial charge in [-0.15, -0.1) is 0 Å². The minimum absolute atomic E-state index is 0.168. The molecule has 0 aliphatic carbocycles. The van der Waals surface area contributed by atoms with Gasteiger partial charge in [-0.2, -0.15) is 4.31 Å². The topological polar surface area (TPSA) is 49.4 Å². The predicted octanol–water partition coefficient (Wildman–Crippen LogP) is 2.12. The number of nitrogens with zero attached hydrogens (tertiary/aromatic N) is 1. The van der Waals surface area contributed by atoms with E-state index in [-0.39, 0.29) is 6.04 Å². The Morgan fingerprint density at radius 3 is 2.57 bits per heavy atom. The average molecular weight is 318 g/mol. The molecule has 0 amide bonds. The zero-order chi connectivity index (χ0) is 15.5. The molecule has 1 aliphatic heterocycles. The SMILES string of the molecule is CCCN(C1CCNCC1)S(=O)(=O)c1cccc(F)c1F. The third-order valence-corrected chi connectivity index (χ3v) is 5.63. The molecule has 1 aromatic carbocycles. The minimum atomic E-state index is -4.03.